The van der Waals surface area contributed by atoms with Crippen molar-refractivity contribution in [2.75, 3.05) is 11.9 Å². The zero-order valence-electron chi connectivity index (χ0n) is 12.7. The molecule has 0 aromatic heterocycles. The van der Waals surface area contributed by atoms with Crippen LogP contribution < -0.4 is 5.32 Å². The Bertz CT molecular complexity index is 658. The van der Waals surface area contributed by atoms with Crippen LogP contribution in [0.25, 0.3) is 0 Å². The van der Waals surface area contributed by atoms with Gasteiger partial charge in [-0.3, -0.25) is 4.79 Å². The first-order valence-electron chi connectivity index (χ1n) is 7.73. The van der Waals surface area contributed by atoms with Crippen molar-refractivity contribution in [3.8, 4) is 0 Å². The van der Waals surface area contributed by atoms with Gasteiger partial charge in [0.05, 0.1) is 22.3 Å². The molecule has 5 heteroatoms. The molecule has 1 heterocycles. The number of hydrogen-bond acceptors (Lipinski definition) is 2. The average molecular weight is 340 g/mol. The molecule has 2 saturated carbocycles. The van der Waals surface area contributed by atoms with Crippen LogP contribution >= 0.6 is 23.2 Å². The largest absolute Gasteiger partial charge is 0.364 e. The Kier molecular flexibility index (Phi) is 2.96. The van der Waals surface area contributed by atoms with Gasteiger partial charge in [-0.05, 0) is 37.3 Å². The fourth-order valence-electron chi connectivity index (χ4n) is 5.09. The fraction of sp³-hybridized carbons (Fsp3) is 0.588. The highest BCUT2D eigenvalue weighted by atomic mass is 35.5. The Hall–Kier alpha value is -0.770. The average Bonchev–Trinajstić information content (AvgIpc) is 2.95. The van der Waals surface area contributed by atoms with Crippen molar-refractivity contribution < 1.29 is 9.53 Å². The summed E-state index contributed by atoms with van der Waals surface area (Å²) in [4.78, 5) is 13.1. The van der Waals surface area contributed by atoms with Gasteiger partial charge in [-0.1, -0.05) is 43.1 Å². The molecule has 1 aromatic rings. The second-order valence-electron chi connectivity index (χ2n) is 7.36. The molecule has 0 radical (unpaired) electrons. The number of ether oxygens (including phenoxy) is 1. The molecule has 3 fully saturated rings. The van der Waals surface area contributed by atoms with Crippen LogP contribution in [0.2, 0.25) is 10.0 Å². The highest BCUT2D eigenvalue weighted by Crippen LogP contribution is 2.75. The van der Waals surface area contributed by atoms with E-state index in [1.807, 2.05) is 0 Å². The summed E-state index contributed by atoms with van der Waals surface area (Å²) in [5.74, 6) is 0.467. The van der Waals surface area contributed by atoms with E-state index in [-0.39, 0.29) is 16.7 Å². The SMILES string of the molecule is C[C@@]12CC[C@H]3C[C@@]1(C(=O)Nc1c(Cl)cccc1Cl)OC[C@@]32C. The maximum absolute atomic E-state index is 13.1. The summed E-state index contributed by atoms with van der Waals surface area (Å²) >= 11 is 12.4. The fourth-order valence-corrected chi connectivity index (χ4v) is 5.58. The topological polar surface area (TPSA) is 38.3 Å². The summed E-state index contributed by atoms with van der Waals surface area (Å²) < 4.78 is 6.09. The van der Waals surface area contributed by atoms with Crippen LogP contribution in [-0.4, -0.2) is 18.1 Å². The summed E-state index contributed by atoms with van der Waals surface area (Å²) in [6.07, 6.45) is 3.03. The molecule has 3 nitrogen and oxygen atoms in total. The number of benzene rings is 1. The Balaban J connectivity index is 1.70. The van der Waals surface area contributed by atoms with E-state index < -0.39 is 5.60 Å². The maximum Gasteiger partial charge on any atom is 0.257 e. The number of anilines is 1. The van der Waals surface area contributed by atoms with Crippen molar-refractivity contribution in [3.63, 3.8) is 0 Å². The zero-order valence-corrected chi connectivity index (χ0v) is 14.2. The third-order valence-corrected chi connectivity index (χ3v) is 7.40. The van der Waals surface area contributed by atoms with Crippen LogP contribution in [0.5, 0.6) is 0 Å². The second-order valence-corrected chi connectivity index (χ2v) is 8.17. The lowest BCUT2D eigenvalue weighted by Crippen LogP contribution is -2.52. The van der Waals surface area contributed by atoms with Gasteiger partial charge < -0.3 is 10.1 Å². The van der Waals surface area contributed by atoms with Crippen LogP contribution in [0.15, 0.2) is 18.2 Å². The molecule has 2 aliphatic carbocycles. The number of rotatable bonds is 2. The van der Waals surface area contributed by atoms with Gasteiger partial charge in [-0.2, -0.15) is 0 Å². The molecular formula is C17H19Cl2NO2. The number of nitrogens with one attached hydrogen (secondary N) is 1. The second kappa shape index (κ2) is 4.40. The number of amides is 1. The molecule has 4 rings (SSSR count). The van der Waals surface area contributed by atoms with E-state index in [0.717, 1.165) is 12.8 Å². The molecule has 1 aliphatic heterocycles. The molecule has 22 heavy (non-hydrogen) atoms. The van der Waals surface area contributed by atoms with Crippen molar-refractivity contribution in [1.82, 2.24) is 0 Å². The summed E-state index contributed by atoms with van der Waals surface area (Å²) in [5, 5.41) is 3.84. The molecule has 4 bridgehead atoms. The lowest BCUT2D eigenvalue weighted by atomic mass is 9.66. The Morgan fingerprint density at radius 1 is 1.32 bits per heavy atom. The van der Waals surface area contributed by atoms with E-state index >= 15 is 0 Å². The predicted molar refractivity (Wildman–Crippen MR) is 87.3 cm³/mol. The number of carbonyl (C=O) groups is 1. The third-order valence-electron chi connectivity index (χ3n) is 6.77. The van der Waals surface area contributed by atoms with Gasteiger partial charge in [0.25, 0.3) is 5.91 Å². The lowest BCUT2D eigenvalue weighted by molar-refractivity contribution is -0.149. The first-order chi connectivity index (χ1) is 10.3. The first-order valence-corrected chi connectivity index (χ1v) is 8.49. The van der Waals surface area contributed by atoms with E-state index in [9.17, 15) is 4.79 Å². The first kappa shape index (κ1) is 14.8. The van der Waals surface area contributed by atoms with Gasteiger partial charge >= 0.3 is 0 Å². The van der Waals surface area contributed by atoms with Crippen LogP contribution in [-0.2, 0) is 9.53 Å². The smallest absolute Gasteiger partial charge is 0.257 e. The molecule has 4 atom stereocenters. The van der Waals surface area contributed by atoms with E-state index in [4.69, 9.17) is 27.9 Å². The van der Waals surface area contributed by atoms with Crippen molar-refractivity contribution >= 4 is 34.8 Å². The zero-order chi connectivity index (χ0) is 15.8. The molecular weight excluding hydrogens is 321 g/mol. The van der Waals surface area contributed by atoms with Gasteiger partial charge in [-0.15, -0.1) is 0 Å². The summed E-state index contributed by atoms with van der Waals surface area (Å²) in [5.41, 5.74) is -0.265. The summed E-state index contributed by atoms with van der Waals surface area (Å²) in [6.45, 7) is 5.15. The van der Waals surface area contributed by atoms with Gasteiger partial charge in [-0.25, -0.2) is 0 Å². The predicted octanol–water partition coefficient (Wildman–Crippen LogP) is 4.53. The Morgan fingerprint density at radius 2 is 2.00 bits per heavy atom. The molecule has 1 N–H and O–H groups in total. The Labute approximate surface area is 140 Å². The van der Waals surface area contributed by atoms with Crippen LogP contribution in [0.4, 0.5) is 5.69 Å². The van der Waals surface area contributed by atoms with Crippen molar-refractivity contribution in [1.29, 1.82) is 0 Å². The van der Waals surface area contributed by atoms with Crippen molar-refractivity contribution in [3.05, 3.63) is 28.2 Å². The van der Waals surface area contributed by atoms with Gasteiger partial charge in [0.2, 0.25) is 0 Å². The van der Waals surface area contributed by atoms with Gasteiger partial charge in [0.15, 0.2) is 5.60 Å². The number of carbonyl (C=O) groups excluding carboxylic acids is 1. The molecule has 3 aliphatic rings. The minimum absolute atomic E-state index is 0.101. The van der Waals surface area contributed by atoms with Crippen molar-refractivity contribution in [2.24, 2.45) is 16.7 Å². The van der Waals surface area contributed by atoms with Crippen LogP contribution in [0, 0.1) is 16.7 Å². The molecule has 118 valence electrons. The highest BCUT2D eigenvalue weighted by molar-refractivity contribution is 6.39. The normalized spacial score (nSPS) is 41.9. The number of halogens is 2. The quantitative estimate of drug-likeness (QED) is 0.859. The van der Waals surface area contributed by atoms with Gasteiger partial charge in [0, 0.05) is 10.8 Å². The van der Waals surface area contributed by atoms with E-state index in [2.05, 4.69) is 19.2 Å². The third kappa shape index (κ3) is 1.50. The van der Waals surface area contributed by atoms with Crippen LogP contribution in [0.1, 0.15) is 33.1 Å². The minimum atomic E-state index is -0.743. The lowest BCUT2D eigenvalue weighted by Gasteiger charge is -2.40. The molecule has 0 spiro atoms. The summed E-state index contributed by atoms with van der Waals surface area (Å²) in [7, 11) is 0. The monoisotopic (exact) mass is 339 g/mol. The highest BCUT2D eigenvalue weighted by Gasteiger charge is 2.78. The standard InChI is InChI=1S/C17H19Cl2NO2/c1-15-9-22-17(8-10(15)6-7-16(15,17)2)14(21)20-13-11(18)4-3-5-12(13)19/h3-5,10H,6-9H2,1-2H3,(H,20,21)/t10-,15-,16-,17-/m0/s1. The van der Waals surface area contributed by atoms with Gasteiger partial charge in [0.1, 0.15) is 0 Å². The van der Waals surface area contributed by atoms with Crippen LogP contribution in [0.3, 0.4) is 0 Å². The van der Waals surface area contributed by atoms with E-state index in [1.165, 1.54) is 6.42 Å². The molecule has 1 saturated heterocycles. The molecule has 0 unspecified atom stereocenters. The molecule has 1 amide bonds. The minimum Gasteiger partial charge on any atom is -0.364 e. The number of para-hydroxylation sites is 1. The van der Waals surface area contributed by atoms with E-state index in [1.54, 1.807) is 18.2 Å². The Morgan fingerprint density at radius 3 is 2.59 bits per heavy atom. The van der Waals surface area contributed by atoms with E-state index in [0.29, 0.717) is 28.3 Å². The number of hydrogen-bond donors (Lipinski definition) is 1. The maximum atomic E-state index is 13.1. The summed E-state index contributed by atoms with van der Waals surface area (Å²) in [6, 6.07) is 5.21. The van der Waals surface area contributed by atoms with Crippen molar-refractivity contribution in [2.45, 2.75) is 38.7 Å². The molecule has 1 aromatic carbocycles.